The van der Waals surface area contributed by atoms with Crippen molar-refractivity contribution in [2.75, 3.05) is 32.1 Å². The fourth-order valence-electron chi connectivity index (χ4n) is 1.62. The van der Waals surface area contributed by atoms with Crippen LogP contribution < -0.4 is 10.6 Å². The normalized spacial score (nSPS) is 10.3. The lowest BCUT2D eigenvalue weighted by Gasteiger charge is -2.25. The van der Waals surface area contributed by atoms with Crippen LogP contribution in [0.4, 0.5) is 5.69 Å². The van der Waals surface area contributed by atoms with E-state index in [1.165, 1.54) is 0 Å². The van der Waals surface area contributed by atoms with E-state index in [-0.39, 0.29) is 5.91 Å². The Morgan fingerprint density at radius 1 is 1.33 bits per heavy atom. The zero-order chi connectivity index (χ0) is 13.7. The number of likely N-dealkylation sites (N-methyl/N-ethyl adjacent to an activating group) is 2. The number of hydrogen-bond donors (Lipinski definition) is 1. The van der Waals surface area contributed by atoms with Crippen molar-refractivity contribution in [1.82, 2.24) is 4.90 Å². The summed E-state index contributed by atoms with van der Waals surface area (Å²) in [6, 6.07) is 6.02. The molecule has 0 saturated carbocycles. The zero-order valence-corrected chi connectivity index (χ0v) is 12.7. The average molecular weight is 314 g/mol. The fraction of sp³-hybridized carbons (Fsp3) is 0.462. The summed E-state index contributed by atoms with van der Waals surface area (Å²) in [5.41, 5.74) is 7.73. The molecule has 1 aromatic rings. The molecule has 0 aliphatic heterocycles. The monoisotopic (exact) mass is 313 g/mol. The average Bonchev–Trinajstić information content (AvgIpc) is 2.34. The zero-order valence-electron chi connectivity index (χ0n) is 11.1. The number of rotatable bonds is 5. The minimum atomic E-state index is 0.0890. The maximum absolute atomic E-state index is 11.8. The van der Waals surface area contributed by atoms with Gasteiger partial charge in [-0.15, -0.1) is 0 Å². The number of benzene rings is 1. The molecule has 0 heterocycles. The molecule has 4 nitrogen and oxygen atoms in total. The van der Waals surface area contributed by atoms with E-state index in [2.05, 4.69) is 15.9 Å². The molecule has 0 aliphatic rings. The second kappa shape index (κ2) is 6.75. The number of anilines is 1. The number of hydrogen-bond acceptors (Lipinski definition) is 3. The van der Waals surface area contributed by atoms with Crippen LogP contribution in [0.2, 0.25) is 0 Å². The van der Waals surface area contributed by atoms with Gasteiger partial charge in [-0.25, -0.2) is 0 Å². The topological polar surface area (TPSA) is 49.6 Å². The van der Waals surface area contributed by atoms with Crippen molar-refractivity contribution in [3.8, 4) is 0 Å². The molecular weight excluding hydrogens is 294 g/mol. The van der Waals surface area contributed by atoms with Crippen molar-refractivity contribution in [2.24, 2.45) is 5.73 Å². The van der Waals surface area contributed by atoms with Crippen LogP contribution in [0.15, 0.2) is 22.7 Å². The highest BCUT2D eigenvalue weighted by molar-refractivity contribution is 9.10. The van der Waals surface area contributed by atoms with Gasteiger partial charge in [-0.2, -0.15) is 0 Å². The van der Waals surface area contributed by atoms with E-state index in [0.717, 1.165) is 22.3 Å². The van der Waals surface area contributed by atoms with Crippen LogP contribution in [0, 0.1) is 0 Å². The van der Waals surface area contributed by atoms with Gasteiger partial charge in [0, 0.05) is 37.3 Å². The van der Waals surface area contributed by atoms with Gasteiger partial charge < -0.3 is 15.5 Å². The number of carbonyl (C=O) groups is 1. The lowest BCUT2D eigenvalue weighted by molar-refractivity contribution is -0.127. The summed E-state index contributed by atoms with van der Waals surface area (Å²) in [5.74, 6) is 0.0890. The van der Waals surface area contributed by atoms with Gasteiger partial charge in [-0.05, 0) is 30.7 Å². The fourth-order valence-corrected chi connectivity index (χ4v) is 2.15. The number of carbonyl (C=O) groups excluding carboxylic acids is 1. The summed E-state index contributed by atoms with van der Waals surface area (Å²) < 4.78 is 0.983. The maximum Gasteiger partial charge on any atom is 0.241 e. The van der Waals surface area contributed by atoms with Crippen LogP contribution in [-0.4, -0.2) is 38.0 Å². The highest BCUT2D eigenvalue weighted by Gasteiger charge is 2.12. The molecule has 0 atom stereocenters. The molecule has 1 amide bonds. The van der Waals surface area contributed by atoms with E-state index < -0.39 is 0 Å². The molecule has 0 aliphatic carbocycles. The molecule has 0 saturated heterocycles. The van der Waals surface area contributed by atoms with Crippen molar-refractivity contribution in [1.29, 1.82) is 0 Å². The quantitative estimate of drug-likeness (QED) is 0.902. The molecule has 100 valence electrons. The van der Waals surface area contributed by atoms with Crippen LogP contribution in [0.3, 0.4) is 0 Å². The van der Waals surface area contributed by atoms with E-state index in [1.54, 1.807) is 19.0 Å². The highest BCUT2D eigenvalue weighted by atomic mass is 79.9. The summed E-state index contributed by atoms with van der Waals surface area (Å²) in [7, 11) is 3.53. The first kappa shape index (κ1) is 15.0. The van der Waals surface area contributed by atoms with Crippen LogP contribution >= 0.6 is 15.9 Å². The van der Waals surface area contributed by atoms with Gasteiger partial charge in [0.15, 0.2) is 0 Å². The predicted octanol–water partition coefficient (Wildman–Crippen LogP) is 1.82. The minimum absolute atomic E-state index is 0.0890. The summed E-state index contributed by atoms with van der Waals surface area (Å²) >= 11 is 3.47. The summed E-state index contributed by atoms with van der Waals surface area (Å²) in [5, 5.41) is 0. The summed E-state index contributed by atoms with van der Waals surface area (Å²) in [4.78, 5) is 15.4. The molecule has 1 rings (SSSR count). The Morgan fingerprint density at radius 2 is 2.00 bits per heavy atom. The predicted molar refractivity (Wildman–Crippen MR) is 78.6 cm³/mol. The first-order valence-electron chi connectivity index (χ1n) is 5.92. The first-order chi connectivity index (χ1) is 8.47. The van der Waals surface area contributed by atoms with E-state index in [0.29, 0.717) is 13.1 Å². The summed E-state index contributed by atoms with van der Waals surface area (Å²) in [6.45, 7) is 3.68. The molecular formula is C13H20BrN3O. The number of nitrogens with two attached hydrogens (primary N) is 1. The van der Waals surface area contributed by atoms with Crippen LogP contribution in [0.1, 0.15) is 12.5 Å². The molecule has 0 aromatic heterocycles. The van der Waals surface area contributed by atoms with Gasteiger partial charge in [-0.3, -0.25) is 4.79 Å². The molecule has 0 fully saturated rings. The van der Waals surface area contributed by atoms with Crippen molar-refractivity contribution in [3.05, 3.63) is 28.2 Å². The molecule has 1 aromatic carbocycles. The highest BCUT2D eigenvalue weighted by Crippen LogP contribution is 2.22. The molecule has 0 bridgehead atoms. The van der Waals surface area contributed by atoms with E-state index >= 15 is 0 Å². The molecule has 0 unspecified atom stereocenters. The third-order valence-electron chi connectivity index (χ3n) is 2.75. The lowest BCUT2D eigenvalue weighted by atomic mass is 10.2. The third-order valence-corrected chi connectivity index (χ3v) is 3.21. The number of amides is 1. The Labute approximate surface area is 117 Å². The Hall–Kier alpha value is -1.07. The molecule has 5 heteroatoms. The molecule has 0 spiro atoms. The SMILES string of the molecule is CCN(CC(=O)N(C)C)c1cc(Br)cc(CN)c1. The Morgan fingerprint density at radius 3 is 2.50 bits per heavy atom. The Bertz CT molecular complexity index is 421. The molecule has 0 radical (unpaired) electrons. The van der Waals surface area contributed by atoms with Crippen LogP contribution in [0.25, 0.3) is 0 Å². The number of nitrogens with zero attached hydrogens (tertiary/aromatic N) is 2. The van der Waals surface area contributed by atoms with Gasteiger partial charge in [-0.1, -0.05) is 15.9 Å². The Balaban J connectivity index is 2.94. The van der Waals surface area contributed by atoms with Gasteiger partial charge in [0.05, 0.1) is 6.54 Å². The van der Waals surface area contributed by atoms with Gasteiger partial charge in [0.1, 0.15) is 0 Å². The number of halogens is 1. The van der Waals surface area contributed by atoms with Gasteiger partial charge in [0.25, 0.3) is 0 Å². The first-order valence-corrected chi connectivity index (χ1v) is 6.71. The van der Waals surface area contributed by atoms with Crippen molar-refractivity contribution >= 4 is 27.5 Å². The summed E-state index contributed by atoms with van der Waals surface area (Å²) in [6.07, 6.45) is 0. The van der Waals surface area contributed by atoms with Crippen molar-refractivity contribution < 1.29 is 4.79 Å². The van der Waals surface area contributed by atoms with Crippen LogP contribution in [-0.2, 0) is 11.3 Å². The minimum Gasteiger partial charge on any atom is -0.362 e. The second-order valence-electron chi connectivity index (χ2n) is 4.32. The van der Waals surface area contributed by atoms with E-state index in [9.17, 15) is 4.79 Å². The van der Waals surface area contributed by atoms with E-state index in [4.69, 9.17) is 5.73 Å². The van der Waals surface area contributed by atoms with Crippen molar-refractivity contribution in [3.63, 3.8) is 0 Å². The largest absolute Gasteiger partial charge is 0.362 e. The lowest BCUT2D eigenvalue weighted by Crippen LogP contribution is -2.36. The Kier molecular flexibility index (Phi) is 5.62. The smallest absolute Gasteiger partial charge is 0.241 e. The van der Waals surface area contributed by atoms with Gasteiger partial charge >= 0.3 is 0 Å². The molecule has 18 heavy (non-hydrogen) atoms. The second-order valence-corrected chi connectivity index (χ2v) is 5.24. The maximum atomic E-state index is 11.8. The third kappa shape index (κ3) is 3.99. The van der Waals surface area contributed by atoms with E-state index in [1.807, 2.05) is 30.0 Å². The van der Waals surface area contributed by atoms with Crippen molar-refractivity contribution in [2.45, 2.75) is 13.5 Å². The standard InChI is InChI=1S/C13H20BrN3O/c1-4-17(9-13(18)16(2)3)12-6-10(8-15)5-11(14)7-12/h5-7H,4,8-9,15H2,1-3H3. The van der Waals surface area contributed by atoms with Gasteiger partial charge in [0.2, 0.25) is 5.91 Å². The molecule has 2 N–H and O–H groups in total. The van der Waals surface area contributed by atoms with Crippen LogP contribution in [0.5, 0.6) is 0 Å².